The number of rotatable bonds is 2. The van der Waals surface area contributed by atoms with Crippen molar-refractivity contribution in [2.75, 3.05) is 11.4 Å². The van der Waals surface area contributed by atoms with E-state index < -0.39 is 0 Å². The summed E-state index contributed by atoms with van der Waals surface area (Å²) in [5, 5.41) is 0.859. The van der Waals surface area contributed by atoms with Crippen molar-refractivity contribution in [2.24, 2.45) is 5.92 Å². The molecule has 0 unspecified atom stereocenters. The van der Waals surface area contributed by atoms with Gasteiger partial charge in [-0.2, -0.15) is 0 Å². The predicted octanol–water partition coefficient (Wildman–Crippen LogP) is 3.73. The van der Waals surface area contributed by atoms with Gasteiger partial charge in [-0.25, -0.2) is 0 Å². The number of nitrogens with zero attached hydrogens (tertiary/aromatic N) is 1. The molecule has 0 spiro atoms. The number of alkyl halides is 1. The zero-order valence-corrected chi connectivity index (χ0v) is 11.7. The van der Waals surface area contributed by atoms with Gasteiger partial charge in [-0.3, -0.25) is 4.79 Å². The van der Waals surface area contributed by atoms with Gasteiger partial charge in [-0.05, 0) is 36.5 Å². The van der Waals surface area contributed by atoms with Crippen LogP contribution >= 0.6 is 15.9 Å². The van der Waals surface area contributed by atoms with E-state index in [1.54, 1.807) is 0 Å². The molecule has 3 heteroatoms. The minimum atomic E-state index is 0.265. The normalized spacial score (nSPS) is 21.4. The number of benzene rings is 1. The summed E-state index contributed by atoms with van der Waals surface area (Å²) in [6.45, 7) is 3.08. The Hall–Kier alpha value is -0.830. The maximum atomic E-state index is 12.0. The first-order valence-electron chi connectivity index (χ1n) is 6.16. The van der Waals surface area contributed by atoms with Gasteiger partial charge in [0.25, 0.3) is 0 Å². The summed E-state index contributed by atoms with van der Waals surface area (Å²) in [7, 11) is 0. The van der Waals surface area contributed by atoms with E-state index in [0.717, 1.165) is 30.4 Å². The number of hydrogen-bond donors (Lipinski definition) is 0. The molecule has 1 aromatic carbocycles. The first kappa shape index (κ1) is 12.6. The molecule has 0 N–H and O–H groups in total. The number of hydrogen-bond acceptors (Lipinski definition) is 1. The number of carbonyl (C=O) groups excluding carboxylic acids is 1. The van der Waals surface area contributed by atoms with E-state index in [9.17, 15) is 4.79 Å². The maximum Gasteiger partial charge on any atom is 0.226 e. The lowest BCUT2D eigenvalue weighted by atomic mass is 10.0. The van der Waals surface area contributed by atoms with Crippen LogP contribution in [0, 0.1) is 5.92 Å². The Kier molecular flexibility index (Phi) is 4.21. The van der Waals surface area contributed by atoms with E-state index in [4.69, 9.17) is 0 Å². The number of amides is 1. The van der Waals surface area contributed by atoms with E-state index in [0.29, 0.717) is 12.3 Å². The quantitative estimate of drug-likeness (QED) is 0.761. The first-order valence-corrected chi connectivity index (χ1v) is 7.28. The van der Waals surface area contributed by atoms with E-state index in [1.807, 2.05) is 17.0 Å². The highest BCUT2D eigenvalue weighted by Crippen LogP contribution is 2.24. The zero-order chi connectivity index (χ0) is 12.3. The molecule has 1 atom stereocenters. The second-order valence-corrected chi connectivity index (χ2v) is 5.34. The summed E-state index contributed by atoms with van der Waals surface area (Å²) in [5.41, 5.74) is 2.28. The molecule has 1 aliphatic rings. The fourth-order valence-electron chi connectivity index (χ4n) is 2.16. The number of carbonyl (C=O) groups is 1. The van der Waals surface area contributed by atoms with Crippen LogP contribution in [0.25, 0.3) is 0 Å². The molecule has 1 heterocycles. The molecule has 2 rings (SSSR count). The Balaban J connectivity index is 2.16. The first-order chi connectivity index (χ1) is 8.20. The predicted molar refractivity (Wildman–Crippen MR) is 74.4 cm³/mol. The molecule has 1 amide bonds. The molecule has 0 bridgehead atoms. The van der Waals surface area contributed by atoms with Crippen molar-refractivity contribution >= 4 is 27.5 Å². The van der Waals surface area contributed by atoms with Crippen molar-refractivity contribution in [3.05, 3.63) is 29.8 Å². The summed E-state index contributed by atoms with van der Waals surface area (Å²) in [6.07, 6.45) is 2.81. The van der Waals surface area contributed by atoms with Crippen molar-refractivity contribution in [2.45, 2.75) is 31.5 Å². The van der Waals surface area contributed by atoms with Crippen LogP contribution in [0.4, 0.5) is 5.69 Å². The highest BCUT2D eigenvalue weighted by atomic mass is 79.9. The highest BCUT2D eigenvalue weighted by molar-refractivity contribution is 9.08. The summed E-state index contributed by atoms with van der Waals surface area (Å²) in [6, 6.07) is 8.24. The van der Waals surface area contributed by atoms with Gasteiger partial charge in [0.2, 0.25) is 5.91 Å². The average molecular weight is 296 g/mol. The molecule has 17 heavy (non-hydrogen) atoms. The molecule has 1 fully saturated rings. The Morgan fingerprint density at radius 3 is 2.65 bits per heavy atom. The van der Waals surface area contributed by atoms with Gasteiger partial charge >= 0.3 is 0 Å². The molecule has 92 valence electrons. The van der Waals surface area contributed by atoms with Crippen molar-refractivity contribution in [3.63, 3.8) is 0 Å². The number of anilines is 1. The molecule has 1 aliphatic heterocycles. The lowest BCUT2D eigenvalue weighted by Crippen LogP contribution is -2.29. The van der Waals surface area contributed by atoms with Crippen LogP contribution in [-0.4, -0.2) is 12.5 Å². The van der Waals surface area contributed by atoms with Crippen LogP contribution in [0.1, 0.15) is 31.7 Å². The Bertz CT molecular complexity index is 388. The maximum absolute atomic E-state index is 12.0. The van der Waals surface area contributed by atoms with Gasteiger partial charge in [-0.1, -0.05) is 35.0 Å². The van der Waals surface area contributed by atoms with Crippen LogP contribution in [0.5, 0.6) is 0 Å². The topological polar surface area (TPSA) is 20.3 Å². The molecule has 2 nitrogen and oxygen atoms in total. The third-order valence-corrected chi connectivity index (χ3v) is 4.05. The van der Waals surface area contributed by atoms with Crippen molar-refractivity contribution < 1.29 is 4.79 Å². The minimum absolute atomic E-state index is 0.265. The molecule has 1 aromatic rings. The minimum Gasteiger partial charge on any atom is -0.312 e. The lowest BCUT2D eigenvalue weighted by molar-refractivity contribution is -0.118. The largest absolute Gasteiger partial charge is 0.312 e. The molecule has 0 saturated carbocycles. The molecular formula is C14H18BrNO. The standard InChI is InChI=1S/C14H18BrNO/c1-11-2-7-14(17)16(9-8-11)13-5-3-12(10-15)4-6-13/h3-6,11H,2,7-10H2,1H3/t11-/m1/s1. The summed E-state index contributed by atoms with van der Waals surface area (Å²) >= 11 is 3.43. The van der Waals surface area contributed by atoms with Crippen LogP contribution in [0.3, 0.4) is 0 Å². The van der Waals surface area contributed by atoms with Gasteiger partial charge in [0.15, 0.2) is 0 Å². The van der Waals surface area contributed by atoms with Gasteiger partial charge in [-0.15, -0.1) is 0 Å². The summed E-state index contributed by atoms with van der Waals surface area (Å²) in [5.74, 6) is 0.923. The van der Waals surface area contributed by atoms with Gasteiger partial charge in [0.05, 0.1) is 0 Å². The van der Waals surface area contributed by atoms with Crippen molar-refractivity contribution in [3.8, 4) is 0 Å². The Morgan fingerprint density at radius 1 is 1.29 bits per heavy atom. The molecule has 1 saturated heterocycles. The van der Waals surface area contributed by atoms with Crippen molar-refractivity contribution in [1.82, 2.24) is 0 Å². The van der Waals surface area contributed by atoms with E-state index in [1.165, 1.54) is 5.56 Å². The third-order valence-electron chi connectivity index (χ3n) is 3.40. The second kappa shape index (κ2) is 5.67. The summed E-state index contributed by atoms with van der Waals surface area (Å²) in [4.78, 5) is 14.0. The fourth-order valence-corrected chi connectivity index (χ4v) is 2.54. The molecule has 0 aliphatic carbocycles. The molecular weight excluding hydrogens is 278 g/mol. The van der Waals surface area contributed by atoms with E-state index in [2.05, 4.69) is 35.0 Å². The third kappa shape index (κ3) is 3.09. The molecule has 0 radical (unpaired) electrons. The van der Waals surface area contributed by atoms with Gasteiger partial charge < -0.3 is 4.90 Å². The zero-order valence-electron chi connectivity index (χ0n) is 10.2. The van der Waals surface area contributed by atoms with Gasteiger partial charge in [0.1, 0.15) is 0 Å². The fraction of sp³-hybridized carbons (Fsp3) is 0.500. The monoisotopic (exact) mass is 295 g/mol. The Morgan fingerprint density at radius 2 is 2.00 bits per heavy atom. The SMILES string of the molecule is C[C@@H]1CCC(=O)N(c2ccc(CBr)cc2)CC1. The van der Waals surface area contributed by atoms with Crippen LogP contribution in [-0.2, 0) is 10.1 Å². The smallest absolute Gasteiger partial charge is 0.226 e. The highest BCUT2D eigenvalue weighted by Gasteiger charge is 2.21. The van der Waals surface area contributed by atoms with E-state index >= 15 is 0 Å². The van der Waals surface area contributed by atoms with Crippen LogP contribution in [0.2, 0.25) is 0 Å². The van der Waals surface area contributed by atoms with Crippen molar-refractivity contribution in [1.29, 1.82) is 0 Å². The Labute approximate surface area is 111 Å². The average Bonchev–Trinajstić information content (AvgIpc) is 2.52. The number of halogens is 1. The summed E-state index contributed by atoms with van der Waals surface area (Å²) < 4.78 is 0. The lowest BCUT2D eigenvalue weighted by Gasteiger charge is -2.21. The van der Waals surface area contributed by atoms with Gasteiger partial charge in [0, 0.05) is 24.0 Å². The van der Waals surface area contributed by atoms with Crippen LogP contribution < -0.4 is 4.90 Å². The van der Waals surface area contributed by atoms with Crippen LogP contribution in [0.15, 0.2) is 24.3 Å². The second-order valence-electron chi connectivity index (χ2n) is 4.78. The molecule has 0 aromatic heterocycles. The van der Waals surface area contributed by atoms with E-state index in [-0.39, 0.29) is 5.91 Å².